The molecule has 1 aromatic rings. The minimum atomic E-state index is 0.491. The summed E-state index contributed by atoms with van der Waals surface area (Å²) >= 11 is 0. The van der Waals surface area contributed by atoms with Crippen LogP contribution in [0.25, 0.3) is 0 Å². The van der Waals surface area contributed by atoms with Gasteiger partial charge in [-0.05, 0) is 26.2 Å². The fourth-order valence-electron chi connectivity index (χ4n) is 1.99. The normalized spacial score (nSPS) is 16.9. The van der Waals surface area contributed by atoms with E-state index in [2.05, 4.69) is 27.5 Å². The molecule has 4 heteroatoms. The first kappa shape index (κ1) is 11.2. The Balaban J connectivity index is 2.01. The van der Waals surface area contributed by atoms with Crippen LogP contribution in [0.15, 0.2) is 6.33 Å². The lowest BCUT2D eigenvalue weighted by atomic mass is 10.1. The first-order chi connectivity index (χ1) is 7.70. The summed E-state index contributed by atoms with van der Waals surface area (Å²) in [5.41, 5.74) is 1.09. The van der Waals surface area contributed by atoms with E-state index in [1.54, 1.807) is 6.33 Å². The number of nitrogens with zero attached hydrogens (tertiary/aromatic N) is 2. The maximum Gasteiger partial charge on any atom is 0.134 e. The van der Waals surface area contributed by atoms with Crippen molar-refractivity contribution in [3.8, 4) is 0 Å². The van der Waals surface area contributed by atoms with E-state index >= 15 is 0 Å². The summed E-state index contributed by atoms with van der Waals surface area (Å²) in [7, 11) is 1.88. The van der Waals surface area contributed by atoms with Crippen molar-refractivity contribution in [1.29, 1.82) is 0 Å². The molecule has 1 unspecified atom stereocenters. The summed E-state index contributed by atoms with van der Waals surface area (Å²) in [5, 5.41) is 6.54. The Hall–Kier alpha value is -1.32. The van der Waals surface area contributed by atoms with Crippen molar-refractivity contribution < 1.29 is 0 Å². The fourth-order valence-corrected chi connectivity index (χ4v) is 1.99. The molecular formula is C12H20N4. The highest BCUT2D eigenvalue weighted by Crippen LogP contribution is 2.34. The largest absolute Gasteiger partial charge is 0.373 e. The van der Waals surface area contributed by atoms with Gasteiger partial charge in [0.15, 0.2) is 0 Å². The summed E-state index contributed by atoms with van der Waals surface area (Å²) in [6.07, 6.45) is 5.65. The average Bonchev–Trinajstić information content (AvgIpc) is 3.05. The van der Waals surface area contributed by atoms with E-state index in [-0.39, 0.29) is 0 Å². The van der Waals surface area contributed by atoms with Crippen molar-refractivity contribution in [3.05, 3.63) is 11.9 Å². The molecule has 1 saturated carbocycles. The quantitative estimate of drug-likeness (QED) is 0.800. The highest BCUT2D eigenvalue weighted by atomic mass is 15.1. The molecule has 2 rings (SSSR count). The highest BCUT2D eigenvalue weighted by molar-refractivity contribution is 5.56. The monoisotopic (exact) mass is 220 g/mol. The van der Waals surface area contributed by atoms with E-state index in [1.165, 1.54) is 19.3 Å². The third kappa shape index (κ3) is 2.62. The molecule has 1 atom stereocenters. The van der Waals surface area contributed by atoms with Gasteiger partial charge >= 0.3 is 0 Å². The van der Waals surface area contributed by atoms with Gasteiger partial charge in [-0.25, -0.2) is 9.97 Å². The Morgan fingerprint density at radius 3 is 2.69 bits per heavy atom. The van der Waals surface area contributed by atoms with Crippen molar-refractivity contribution in [2.75, 3.05) is 17.7 Å². The molecule has 1 aliphatic rings. The Bertz CT molecular complexity index is 360. The molecule has 2 N–H and O–H groups in total. The molecule has 1 aromatic heterocycles. The number of hydrogen-bond donors (Lipinski definition) is 2. The van der Waals surface area contributed by atoms with Gasteiger partial charge in [0.05, 0.1) is 0 Å². The zero-order valence-electron chi connectivity index (χ0n) is 10.2. The van der Waals surface area contributed by atoms with Crippen LogP contribution in [0.1, 0.15) is 31.7 Å². The van der Waals surface area contributed by atoms with Crippen molar-refractivity contribution in [3.63, 3.8) is 0 Å². The van der Waals surface area contributed by atoms with Gasteiger partial charge < -0.3 is 10.6 Å². The number of rotatable bonds is 5. The third-order valence-electron chi connectivity index (χ3n) is 3.09. The van der Waals surface area contributed by atoms with Crippen molar-refractivity contribution >= 4 is 11.6 Å². The van der Waals surface area contributed by atoms with E-state index in [0.717, 1.165) is 23.1 Å². The van der Waals surface area contributed by atoms with Gasteiger partial charge in [0.2, 0.25) is 0 Å². The Morgan fingerprint density at radius 2 is 2.06 bits per heavy atom. The highest BCUT2D eigenvalue weighted by Gasteiger charge is 2.23. The molecule has 0 radical (unpaired) electrons. The second-order valence-electron chi connectivity index (χ2n) is 4.67. The van der Waals surface area contributed by atoms with Crippen LogP contribution in [-0.4, -0.2) is 23.1 Å². The summed E-state index contributed by atoms with van der Waals surface area (Å²) < 4.78 is 0. The SMILES string of the molecule is CNc1ncnc(NC(C)CC2CC2)c1C. The smallest absolute Gasteiger partial charge is 0.134 e. The molecule has 0 spiro atoms. The number of hydrogen-bond acceptors (Lipinski definition) is 4. The molecule has 88 valence electrons. The predicted octanol–water partition coefficient (Wildman–Crippen LogP) is 2.43. The first-order valence-corrected chi connectivity index (χ1v) is 5.96. The Kier molecular flexibility index (Phi) is 3.27. The van der Waals surface area contributed by atoms with Gasteiger partial charge in [-0.1, -0.05) is 12.8 Å². The molecule has 1 aliphatic carbocycles. The molecule has 16 heavy (non-hydrogen) atoms. The van der Waals surface area contributed by atoms with Crippen LogP contribution in [0.4, 0.5) is 11.6 Å². The van der Waals surface area contributed by atoms with Crippen LogP contribution in [0.2, 0.25) is 0 Å². The number of aromatic nitrogens is 2. The molecule has 1 heterocycles. The third-order valence-corrected chi connectivity index (χ3v) is 3.09. The number of anilines is 2. The Morgan fingerprint density at radius 1 is 1.38 bits per heavy atom. The zero-order chi connectivity index (χ0) is 11.5. The Labute approximate surface area is 96.9 Å². The molecule has 0 aliphatic heterocycles. The minimum absolute atomic E-state index is 0.491. The van der Waals surface area contributed by atoms with E-state index in [4.69, 9.17) is 0 Å². The van der Waals surface area contributed by atoms with Crippen molar-refractivity contribution in [2.45, 2.75) is 39.2 Å². The van der Waals surface area contributed by atoms with E-state index in [0.29, 0.717) is 6.04 Å². The molecular weight excluding hydrogens is 200 g/mol. The van der Waals surface area contributed by atoms with Gasteiger partial charge in [0.25, 0.3) is 0 Å². The summed E-state index contributed by atoms with van der Waals surface area (Å²) in [6, 6.07) is 0.491. The summed E-state index contributed by atoms with van der Waals surface area (Å²) in [6.45, 7) is 4.26. The zero-order valence-corrected chi connectivity index (χ0v) is 10.2. The molecule has 4 nitrogen and oxygen atoms in total. The van der Waals surface area contributed by atoms with E-state index < -0.39 is 0 Å². The number of nitrogens with one attached hydrogen (secondary N) is 2. The molecule has 0 saturated heterocycles. The topological polar surface area (TPSA) is 49.8 Å². The molecule has 0 amide bonds. The van der Waals surface area contributed by atoms with Crippen LogP contribution in [0.5, 0.6) is 0 Å². The van der Waals surface area contributed by atoms with Crippen molar-refractivity contribution in [1.82, 2.24) is 9.97 Å². The van der Waals surface area contributed by atoms with Crippen LogP contribution in [-0.2, 0) is 0 Å². The maximum absolute atomic E-state index is 4.29. The van der Waals surface area contributed by atoms with Gasteiger partial charge in [0, 0.05) is 18.7 Å². The average molecular weight is 220 g/mol. The first-order valence-electron chi connectivity index (χ1n) is 5.96. The lowest BCUT2D eigenvalue weighted by Gasteiger charge is -2.16. The van der Waals surface area contributed by atoms with Gasteiger partial charge in [-0.3, -0.25) is 0 Å². The minimum Gasteiger partial charge on any atom is -0.373 e. The van der Waals surface area contributed by atoms with Crippen molar-refractivity contribution in [2.24, 2.45) is 5.92 Å². The fraction of sp³-hybridized carbons (Fsp3) is 0.667. The molecule has 1 fully saturated rings. The molecule has 0 aromatic carbocycles. The molecule has 0 bridgehead atoms. The summed E-state index contributed by atoms with van der Waals surface area (Å²) in [4.78, 5) is 8.47. The van der Waals surface area contributed by atoms with Crippen LogP contribution >= 0.6 is 0 Å². The predicted molar refractivity (Wildman–Crippen MR) is 66.7 cm³/mol. The van der Waals surface area contributed by atoms with Crippen LogP contribution < -0.4 is 10.6 Å². The van der Waals surface area contributed by atoms with E-state index in [9.17, 15) is 0 Å². The summed E-state index contributed by atoms with van der Waals surface area (Å²) in [5.74, 6) is 2.79. The second-order valence-corrected chi connectivity index (χ2v) is 4.67. The lowest BCUT2D eigenvalue weighted by molar-refractivity contribution is 0.639. The lowest BCUT2D eigenvalue weighted by Crippen LogP contribution is -2.18. The van der Waals surface area contributed by atoms with Crippen LogP contribution in [0, 0.1) is 12.8 Å². The standard InChI is InChI=1S/C12H20N4/c1-8(6-10-4-5-10)16-12-9(2)11(13-3)14-7-15-12/h7-8,10H,4-6H2,1-3H3,(H2,13,14,15,16). The van der Waals surface area contributed by atoms with E-state index in [1.807, 2.05) is 14.0 Å². The van der Waals surface area contributed by atoms with Gasteiger partial charge in [-0.15, -0.1) is 0 Å². The van der Waals surface area contributed by atoms with Crippen LogP contribution in [0.3, 0.4) is 0 Å². The van der Waals surface area contributed by atoms with Gasteiger partial charge in [0.1, 0.15) is 18.0 Å². The maximum atomic E-state index is 4.29. The second kappa shape index (κ2) is 4.68. The van der Waals surface area contributed by atoms with Gasteiger partial charge in [-0.2, -0.15) is 0 Å².